The highest BCUT2D eigenvalue weighted by Gasteiger charge is 2.32. The van der Waals surface area contributed by atoms with Gasteiger partial charge in [-0.3, -0.25) is 0 Å². The maximum absolute atomic E-state index is 13.5. The van der Waals surface area contributed by atoms with Crippen LogP contribution in [0, 0.1) is 5.82 Å². The number of aromatic nitrogens is 2. The van der Waals surface area contributed by atoms with Crippen molar-refractivity contribution in [3.8, 4) is 0 Å². The Bertz CT molecular complexity index is 951. The normalized spacial score (nSPS) is 15.4. The maximum Gasteiger partial charge on any atom is 0.426 e. The second-order valence-electron chi connectivity index (χ2n) is 8.36. The molecule has 0 radical (unpaired) electrons. The van der Waals surface area contributed by atoms with Crippen LogP contribution in [0.25, 0.3) is 0 Å². The van der Waals surface area contributed by atoms with Gasteiger partial charge in [0.2, 0.25) is 5.95 Å². The SMILES string of the molecule is CC(C)Nc1ncc2c(n1)CN(OC(=O)NC(c1ccc(F)c(Cl)c1)C(C)(C)O)CC2. The fraction of sp³-hybridized carbons (Fsp3) is 0.476. The molecule has 0 saturated heterocycles. The quantitative estimate of drug-likeness (QED) is 0.617. The number of amides is 1. The van der Waals surface area contributed by atoms with E-state index in [9.17, 15) is 14.3 Å². The van der Waals surface area contributed by atoms with Crippen molar-refractivity contribution in [1.82, 2.24) is 20.3 Å². The molecule has 0 spiro atoms. The number of aliphatic hydroxyl groups is 1. The third-order valence-corrected chi connectivity index (χ3v) is 5.08. The third kappa shape index (κ3) is 6.03. The van der Waals surface area contributed by atoms with Gasteiger partial charge in [-0.2, -0.15) is 0 Å². The molecular formula is C21H27ClFN5O3. The predicted octanol–water partition coefficient (Wildman–Crippen LogP) is 3.60. The largest absolute Gasteiger partial charge is 0.426 e. The minimum atomic E-state index is -1.35. The Morgan fingerprint density at radius 2 is 2.13 bits per heavy atom. The zero-order chi connectivity index (χ0) is 22.8. The first-order valence-corrected chi connectivity index (χ1v) is 10.4. The van der Waals surface area contributed by atoms with E-state index in [0.29, 0.717) is 31.0 Å². The number of fused-ring (bicyclic) bond motifs is 1. The van der Waals surface area contributed by atoms with Crippen LogP contribution in [-0.4, -0.2) is 44.4 Å². The number of hydrogen-bond donors (Lipinski definition) is 3. The summed E-state index contributed by atoms with van der Waals surface area (Å²) in [7, 11) is 0. The van der Waals surface area contributed by atoms with Crippen LogP contribution < -0.4 is 10.6 Å². The number of carbonyl (C=O) groups is 1. The van der Waals surface area contributed by atoms with Crippen LogP contribution in [0.2, 0.25) is 5.02 Å². The molecule has 31 heavy (non-hydrogen) atoms. The molecule has 2 heterocycles. The van der Waals surface area contributed by atoms with E-state index in [1.54, 1.807) is 6.20 Å². The van der Waals surface area contributed by atoms with Gasteiger partial charge in [-0.25, -0.2) is 19.2 Å². The van der Waals surface area contributed by atoms with E-state index < -0.39 is 23.6 Å². The van der Waals surface area contributed by atoms with E-state index in [-0.39, 0.29) is 11.1 Å². The van der Waals surface area contributed by atoms with E-state index >= 15 is 0 Å². The van der Waals surface area contributed by atoms with Crippen molar-refractivity contribution < 1.29 is 19.1 Å². The number of halogens is 2. The molecule has 3 rings (SSSR count). The number of nitrogens with zero attached hydrogens (tertiary/aromatic N) is 3. The fourth-order valence-corrected chi connectivity index (χ4v) is 3.49. The summed E-state index contributed by atoms with van der Waals surface area (Å²) >= 11 is 5.87. The Kier molecular flexibility index (Phi) is 6.98. The first kappa shape index (κ1) is 23.2. The minimum Gasteiger partial charge on any atom is -0.388 e. The zero-order valence-corrected chi connectivity index (χ0v) is 18.7. The lowest BCUT2D eigenvalue weighted by molar-refractivity contribution is -0.115. The van der Waals surface area contributed by atoms with Crippen molar-refractivity contribution in [3.63, 3.8) is 0 Å². The molecule has 1 aliphatic heterocycles. The van der Waals surface area contributed by atoms with E-state index in [4.69, 9.17) is 16.4 Å². The number of carbonyl (C=O) groups excluding carboxylic acids is 1. The molecule has 0 aliphatic carbocycles. The number of nitrogens with one attached hydrogen (secondary N) is 2. The van der Waals surface area contributed by atoms with Gasteiger partial charge in [0.15, 0.2) is 0 Å². The monoisotopic (exact) mass is 451 g/mol. The van der Waals surface area contributed by atoms with Crippen molar-refractivity contribution >= 4 is 23.6 Å². The van der Waals surface area contributed by atoms with Gasteiger partial charge < -0.3 is 20.6 Å². The summed E-state index contributed by atoms with van der Waals surface area (Å²) < 4.78 is 13.5. The Morgan fingerprint density at radius 1 is 1.39 bits per heavy atom. The zero-order valence-electron chi connectivity index (χ0n) is 17.9. The molecule has 8 nitrogen and oxygen atoms in total. The average molecular weight is 452 g/mol. The first-order valence-electron chi connectivity index (χ1n) is 10.0. The Labute approximate surface area is 185 Å². The Hall–Kier alpha value is -2.49. The molecule has 1 atom stereocenters. The highest BCUT2D eigenvalue weighted by molar-refractivity contribution is 6.30. The summed E-state index contributed by atoms with van der Waals surface area (Å²) in [5, 5.41) is 17.7. The van der Waals surface area contributed by atoms with Crippen LogP contribution in [0.5, 0.6) is 0 Å². The van der Waals surface area contributed by atoms with Crippen molar-refractivity contribution in [3.05, 3.63) is 52.1 Å². The molecule has 1 amide bonds. The number of hydrogen-bond acceptors (Lipinski definition) is 7. The van der Waals surface area contributed by atoms with Crippen LogP contribution in [0.15, 0.2) is 24.4 Å². The average Bonchev–Trinajstić information content (AvgIpc) is 2.67. The second-order valence-corrected chi connectivity index (χ2v) is 8.77. The summed E-state index contributed by atoms with van der Waals surface area (Å²) in [6.45, 7) is 7.86. The molecule has 1 aromatic carbocycles. The van der Waals surface area contributed by atoms with Gasteiger partial charge in [-0.05, 0) is 57.4 Å². The molecule has 3 N–H and O–H groups in total. The lowest BCUT2D eigenvalue weighted by Crippen LogP contribution is -2.45. The number of rotatable bonds is 6. The molecule has 10 heteroatoms. The lowest BCUT2D eigenvalue weighted by atomic mass is 9.92. The second kappa shape index (κ2) is 9.33. The first-order chi connectivity index (χ1) is 14.5. The van der Waals surface area contributed by atoms with Gasteiger partial charge in [-0.15, -0.1) is 5.06 Å². The van der Waals surface area contributed by atoms with Gasteiger partial charge in [0.05, 0.1) is 28.9 Å². The summed E-state index contributed by atoms with van der Waals surface area (Å²) in [6, 6.07) is 3.35. The molecule has 1 aliphatic rings. The van der Waals surface area contributed by atoms with Crippen molar-refractivity contribution in [1.29, 1.82) is 0 Å². The minimum absolute atomic E-state index is 0.0972. The van der Waals surface area contributed by atoms with Crippen LogP contribution in [0.1, 0.15) is 50.6 Å². The highest BCUT2D eigenvalue weighted by Crippen LogP contribution is 2.29. The number of benzene rings is 1. The fourth-order valence-electron chi connectivity index (χ4n) is 3.31. The van der Waals surface area contributed by atoms with Crippen LogP contribution >= 0.6 is 11.6 Å². The highest BCUT2D eigenvalue weighted by atomic mass is 35.5. The van der Waals surface area contributed by atoms with E-state index in [1.807, 2.05) is 13.8 Å². The van der Waals surface area contributed by atoms with Crippen molar-refractivity contribution in [2.24, 2.45) is 0 Å². The van der Waals surface area contributed by atoms with Crippen LogP contribution in [0.4, 0.5) is 15.1 Å². The van der Waals surface area contributed by atoms with Gasteiger partial charge in [0.1, 0.15) is 5.82 Å². The summed E-state index contributed by atoms with van der Waals surface area (Å²) in [6.07, 6.45) is 1.67. The van der Waals surface area contributed by atoms with Gasteiger partial charge in [0, 0.05) is 18.8 Å². The summed E-state index contributed by atoms with van der Waals surface area (Å²) in [4.78, 5) is 26.9. The molecule has 0 saturated carbocycles. The van der Waals surface area contributed by atoms with E-state index in [0.717, 1.165) is 11.3 Å². The third-order valence-electron chi connectivity index (χ3n) is 4.79. The van der Waals surface area contributed by atoms with E-state index in [1.165, 1.54) is 37.1 Å². The number of hydroxylamine groups is 2. The van der Waals surface area contributed by atoms with Crippen molar-refractivity contribution in [2.45, 2.75) is 58.3 Å². The topological polar surface area (TPSA) is 99.6 Å². The van der Waals surface area contributed by atoms with E-state index in [2.05, 4.69) is 20.6 Å². The lowest BCUT2D eigenvalue weighted by Gasteiger charge is -2.32. The molecule has 1 unspecified atom stereocenters. The Balaban J connectivity index is 1.68. The van der Waals surface area contributed by atoms with Gasteiger partial charge >= 0.3 is 6.09 Å². The molecule has 0 fully saturated rings. The standard InChI is InChI=1S/C21H27ClFN5O3/c1-12(2)25-19-24-10-14-7-8-28(11-17(14)26-19)31-20(29)27-18(21(3,4)30)13-5-6-16(23)15(22)9-13/h5-6,9-10,12,18,30H,7-8,11H2,1-4H3,(H,27,29)(H,24,25,26). The van der Waals surface area contributed by atoms with Gasteiger partial charge in [0.25, 0.3) is 0 Å². The molecule has 1 aromatic heterocycles. The summed E-state index contributed by atoms with van der Waals surface area (Å²) in [5.74, 6) is -0.0573. The van der Waals surface area contributed by atoms with Crippen LogP contribution in [0.3, 0.4) is 0 Å². The number of anilines is 1. The molecule has 0 bridgehead atoms. The van der Waals surface area contributed by atoms with Crippen LogP contribution in [-0.2, 0) is 17.8 Å². The Morgan fingerprint density at radius 3 is 2.77 bits per heavy atom. The molecular weight excluding hydrogens is 425 g/mol. The van der Waals surface area contributed by atoms with Crippen molar-refractivity contribution in [2.75, 3.05) is 11.9 Å². The molecule has 2 aromatic rings. The molecule has 168 valence electrons. The maximum atomic E-state index is 13.5. The van der Waals surface area contributed by atoms with Gasteiger partial charge in [-0.1, -0.05) is 17.7 Å². The predicted molar refractivity (Wildman–Crippen MR) is 115 cm³/mol. The summed E-state index contributed by atoms with van der Waals surface area (Å²) in [5.41, 5.74) is 0.891. The smallest absolute Gasteiger partial charge is 0.388 e.